The molecule has 2 aromatic heterocycles. The number of likely N-dealkylation sites (tertiary alicyclic amines) is 1. The maximum atomic E-state index is 13.1. The first kappa shape index (κ1) is 15.9. The molecule has 130 valence electrons. The lowest BCUT2D eigenvalue weighted by Crippen LogP contribution is -2.43. The second kappa shape index (κ2) is 6.35. The molecule has 0 saturated carbocycles. The maximum absolute atomic E-state index is 13.1. The number of rotatable bonds is 3. The van der Waals surface area contributed by atoms with Crippen LogP contribution >= 0.6 is 0 Å². The molecular formula is C19H23N5O. The standard InChI is InChI=1S/C19H23N5O/c1-14-10-21-24(11-14)16-6-5-9-22(12-16)19(25)15(2)23-13-20-17-7-3-4-8-18(17)23/h3-4,7-8,10-11,13,15-16H,5-6,9,12H2,1-2H3/t15-,16+/m0/s1. The van der Waals surface area contributed by atoms with E-state index in [1.54, 1.807) is 6.33 Å². The van der Waals surface area contributed by atoms with E-state index in [9.17, 15) is 4.79 Å². The van der Waals surface area contributed by atoms with E-state index in [0.717, 1.165) is 42.5 Å². The van der Waals surface area contributed by atoms with Gasteiger partial charge in [0.05, 0.1) is 29.6 Å². The van der Waals surface area contributed by atoms with Crippen LogP contribution in [0.4, 0.5) is 0 Å². The second-order valence-electron chi connectivity index (χ2n) is 6.89. The van der Waals surface area contributed by atoms with E-state index < -0.39 is 0 Å². The van der Waals surface area contributed by atoms with Gasteiger partial charge in [0.1, 0.15) is 6.04 Å². The molecule has 4 rings (SSSR count). The van der Waals surface area contributed by atoms with Gasteiger partial charge in [-0.05, 0) is 44.4 Å². The normalized spacial score (nSPS) is 19.3. The third-order valence-electron chi connectivity index (χ3n) is 5.07. The van der Waals surface area contributed by atoms with E-state index in [2.05, 4.69) is 16.3 Å². The molecule has 3 aromatic rings. The molecular weight excluding hydrogens is 314 g/mol. The van der Waals surface area contributed by atoms with E-state index in [1.165, 1.54) is 0 Å². The zero-order valence-corrected chi connectivity index (χ0v) is 14.7. The quantitative estimate of drug-likeness (QED) is 0.738. The Morgan fingerprint density at radius 3 is 2.96 bits per heavy atom. The highest BCUT2D eigenvalue weighted by Gasteiger charge is 2.29. The van der Waals surface area contributed by atoms with Crippen LogP contribution < -0.4 is 0 Å². The molecule has 0 aliphatic carbocycles. The Kier molecular flexibility index (Phi) is 4.03. The van der Waals surface area contributed by atoms with Crippen LogP contribution in [0, 0.1) is 6.92 Å². The molecule has 1 aromatic carbocycles. The van der Waals surface area contributed by atoms with Gasteiger partial charge in [-0.1, -0.05) is 12.1 Å². The third kappa shape index (κ3) is 2.92. The molecule has 1 fully saturated rings. The number of nitrogens with zero attached hydrogens (tertiary/aromatic N) is 5. The van der Waals surface area contributed by atoms with Gasteiger partial charge in [-0.15, -0.1) is 0 Å². The van der Waals surface area contributed by atoms with Crippen LogP contribution in [0.15, 0.2) is 43.0 Å². The number of amides is 1. The minimum absolute atomic E-state index is 0.150. The Labute approximate surface area is 147 Å². The first-order chi connectivity index (χ1) is 12.1. The van der Waals surface area contributed by atoms with Gasteiger partial charge in [0, 0.05) is 19.3 Å². The fourth-order valence-electron chi connectivity index (χ4n) is 3.67. The number of aromatic nitrogens is 4. The first-order valence-corrected chi connectivity index (χ1v) is 8.84. The van der Waals surface area contributed by atoms with Gasteiger partial charge in [-0.2, -0.15) is 5.10 Å². The Balaban J connectivity index is 1.53. The van der Waals surface area contributed by atoms with Crippen LogP contribution in [0.3, 0.4) is 0 Å². The van der Waals surface area contributed by atoms with Crippen molar-refractivity contribution in [3.8, 4) is 0 Å². The Morgan fingerprint density at radius 1 is 1.32 bits per heavy atom. The molecule has 0 bridgehead atoms. The maximum Gasteiger partial charge on any atom is 0.245 e. The molecule has 1 aliphatic heterocycles. The lowest BCUT2D eigenvalue weighted by Gasteiger charge is -2.34. The summed E-state index contributed by atoms with van der Waals surface area (Å²) in [6, 6.07) is 7.93. The van der Waals surface area contributed by atoms with E-state index in [-0.39, 0.29) is 18.0 Å². The minimum atomic E-state index is -0.259. The molecule has 2 atom stereocenters. The lowest BCUT2D eigenvalue weighted by atomic mass is 10.0. The van der Waals surface area contributed by atoms with Crippen molar-refractivity contribution in [3.63, 3.8) is 0 Å². The van der Waals surface area contributed by atoms with Crippen molar-refractivity contribution in [1.82, 2.24) is 24.2 Å². The van der Waals surface area contributed by atoms with E-state index in [0.29, 0.717) is 0 Å². The zero-order valence-electron chi connectivity index (χ0n) is 14.7. The number of carbonyl (C=O) groups excluding carboxylic acids is 1. The molecule has 3 heterocycles. The number of hydrogen-bond donors (Lipinski definition) is 0. The van der Waals surface area contributed by atoms with Gasteiger partial charge in [0.15, 0.2) is 0 Å². The molecule has 0 unspecified atom stereocenters. The summed E-state index contributed by atoms with van der Waals surface area (Å²) in [6.07, 6.45) is 7.78. The monoisotopic (exact) mass is 337 g/mol. The van der Waals surface area contributed by atoms with Crippen molar-refractivity contribution in [2.24, 2.45) is 0 Å². The topological polar surface area (TPSA) is 56.0 Å². The molecule has 1 saturated heterocycles. The molecule has 6 heteroatoms. The van der Waals surface area contributed by atoms with Gasteiger partial charge < -0.3 is 9.47 Å². The predicted molar refractivity (Wildman–Crippen MR) is 96.3 cm³/mol. The molecule has 1 amide bonds. The summed E-state index contributed by atoms with van der Waals surface area (Å²) in [5.41, 5.74) is 3.08. The van der Waals surface area contributed by atoms with Crippen LogP contribution in [-0.4, -0.2) is 43.2 Å². The Hall–Kier alpha value is -2.63. The summed E-state index contributed by atoms with van der Waals surface area (Å²) in [4.78, 5) is 19.5. The molecule has 6 nitrogen and oxygen atoms in total. The predicted octanol–water partition coefficient (Wildman–Crippen LogP) is 2.97. The number of piperidine rings is 1. The molecule has 25 heavy (non-hydrogen) atoms. The summed E-state index contributed by atoms with van der Waals surface area (Å²) < 4.78 is 3.98. The van der Waals surface area contributed by atoms with Crippen LogP contribution in [0.2, 0.25) is 0 Å². The van der Waals surface area contributed by atoms with Gasteiger partial charge in [0.2, 0.25) is 5.91 Å². The van der Waals surface area contributed by atoms with Crippen molar-refractivity contribution in [2.75, 3.05) is 13.1 Å². The van der Waals surface area contributed by atoms with E-state index >= 15 is 0 Å². The smallest absolute Gasteiger partial charge is 0.245 e. The number of benzene rings is 1. The second-order valence-corrected chi connectivity index (χ2v) is 6.89. The van der Waals surface area contributed by atoms with Crippen LogP contribution in [0.1, 0.15) is 37.4 Å². The molecule has 1 aliphatic rings. The van der Waals surface area contributed by atoms with E-state index in [1.807, 2.05) is 58.5 Å². The summed E-state index contributed by atoms with van der Waals surface area (Å²) in [5, 5.41) is 4.43. The SMILES string of the molecule is Cc1cnn([C@@H]2CCCN(C(=O)[C@H](C)n3cnc4ccccc43)C2)c1. The number of imidazole rings is 1. The van der Waals surface area contributed by atoms with Gasteiger partial charge >= 0.3 is 0 Å². The lowest BCUT2D eigenvalue weighted by molar-refractivity contribution is -0.135. The highest BCUT2D eigenvalue weighted by atomic mass is 16.2. The van der Waals surface area contributed by atoms with E-state index in [4.69, 9.17) is 0 Å². The van der Waals surface area contributed by atoms with Crippen molar-refractivity contribution in [1.29, 1.82) is 0 Å². The number of hydrogen-bond acceptors (Lipinski definition) is 3. The highest BCUT2D eigenvalue weighted by molar-refractivity contribution is 5.83. The fourth-order valence-corrected chi connectivity index (χ4v) is 3.67. The summed E-state index contributed by atoms with van der Waals surface area (Å²) in [5.74, 6) is 0.150. The number of carbonyl (C=O) groups is 1. The Morgan fingerprint density at radius 2 is 2.16 bits per heavy atom. The van der Waals surface area contributed by atoms with Crippen molar-refractivity contribution in [3.05, 3.63) is 48.5 Å². The van der Waals surface area contributed by atoms with Crippen molar-refractivity contribution < 1.29 is 4.79 Å². The third-order valence-corrected chi connectivity index (χ3v) is 5.07. The highest BCUT2D eigenvalue weighted by Crippen LogP contribution is 2.25. The molecule has 0 spiro atoms. The number of para-hydroxylation sites is 2. The summed E-state index contributed by atoms with van der Waals surface area (Å²) in [6.45, 7) is 5.53. The molecule has 0 radical (unpaired) electrons. The number of aryl methyl sites for hydroxylation is 1. The average molecular weight is 337 g/mol. The van der Waals surface area contributed by atoms with Gasteiger partial charge in [-0.3, -0.25) is 9.48 Å². The van der Waals surface area contributed by atoms with Crippen LogP contribution in [0.25, 0.3) is 11.0 Å². The van der Waals surface area contributed by atoms with Gasteiger partial charge in [-0.25, -0.2) is 4.98 Å². The average Bonchev–Trinajstić information content (AvgIpc) is 3.27. The largest absolute Gasteiger partial charge is 0.339 e. The van der Waals surface area contributed by atoms with Crippen LogP contribution in [0.5, 0.6) is 0 Å². The number of fused-ring (bicyclic) bond motifs is 1. The van der Waals surface area contributed by atoms with Crippen molar-refractivity contribution in [2.45, 2.75) is 38.8 Å². The van der Waals surface area contributed by atoms with Crippen LogP contribution in [-0.2, 0) is 4.79 Å². The zero-order chi connectivity index (χ0) is 17.4. The summed E-state index contributed by atoms with van der Waals surface area (Å²) >= 11 is 0. The van der Waals surface area contributed by atoms with Gasteiger partial charge in [0.25, 0.3) is 0 Å². The summed E-state index contributed by atoms with van der Waals surface area (Å²) in [7, 11) is 0. The molecule has 0 N–H and O–H groups in total. The Bertz CT molecular complexity index is 896. The first-order valence-electron chi connectivity index (χ1n) is 8.84. The van der Waals surface area contributed by atoms with Crippen molar-refractivity contribution >= 4 is 16.9 Å². The minimum Gasteiger partial charge on any atom is -0.339 e. The fraction of sp³-hybridized carbons (Fsp3) is 0.421.